The number of nitro benzene ring substituents is 1. The number of hydrogen-bond acceptors (Lipinski definition) is 6. The molecule has 0 radical (unpaired) electrons. The summed E-state index contributed by atoms with van der Waals surface area (Å²) in [7, 11) is 0. The Labute approximate surface area is 158 Å². The van der Waals surface area contributed by atoms with Crippen molar-refractivity contribution < 1.29 is 29.5 Å². The SMILES string of the molecule is O=C(O)CN1C(=O)C(=O)/C(=C(\O)c2ccccc2)C1c1ccc([N+](=O)[O-])cc1. The first kappa shape index (κ1) is 18.8. The molecule has 1 aliphatic rings. The van der Waals surface area contributed by atoms with Crippen molar-refractivity contribution in [1.29, 1.82) is 0 Å². The number of benzene rings is 2. The zero-order valence-electron chi connectivity index (χ0n) is 14.3. The number of carboxylic acids is 1. The van der Waals surface area contributed by atoms with Crippen LogP contribution in [0.5, 0.6) is 0 Å². The molecule has 1 fully saturated rings. The molecule has 28 heavy (non-hydrogen) atoms. The van der Waals surface area contributed by atoms with E-state index in [1.165, 1.54) is 36.4 Å². The largest absolute Gasteiger partial charge is 0.507 e. The molecule has 9 nitrogen and oxygen atoms in total. The van der Waals surface area contributed by atoms with Gasteiger partial charge >= 0.3 is 5.97 Å². The Hall–Kier alpha value is -4.01. The predicted octanol–water partition coefficient (Wildman–Crippen LogP) is 2.10. The summed E-state index contributed by atoms with van der Waals surface area (Å²) in [5.41, 5.74) is 0.0690. The molecule has 1 saturated heterocycles. The average molecular weight is 382 g/mol. The quantitative estimate of drug-likeness (QED) is 0.265. The number of aliphatic hydroxyl groups is 1. The van der Waals surface area contributed by atoms with E-state index in [1.54, 1.807) is 18.2 Å². The second-order valence-corrected chi connectivity index (χ2v) is 6.04. The Morgan fingerprint density at radius 2 is 1.64 bits per heavy atom. The van der Waals surface area contributed by atoms with Gasteiger partial charge in [0.15, 0.2) is 0 Å². The smallest absolute Gasteiger partial charge is 0.323 e. The van der Waals surface area contributed by atoms with Crippen molar-refractivity contribution in [1.82, 2.24) is 4.90 Å². The highest BCUT2D eigenvalue weighted by atomic mass is 16.6. The van der Waals surface area contributed by atoms with Gasteiger partial charge in [-0.3, -0.25) is 24.5 Å². The molecule has 2 aromatic carbocycles. The van der Waals surface area contributed by atoms with E-state index in [1.807, 2.05) is 0 Å². The van der Waals surface area contributed by atoms with Crippen LogP contribution < -0.4 is 0 Å². The van der Waals surface area contributed by atoms with Gasteiger partial charge in [-0.25, -0.2) is 0 Å². The Kier molecular flexibility index (Phi) is 4.90. The van der Waals surface area contributed by atoms with E-state index in [2.05, 4.69) is 0 Å². The number of nitrogens with zero attached hydrogens (tertiary/aromatic N) is 2. The molecule has 0 aliphatic carbocycles. The minimum atomic E-state index is -1.34. The van der Waals surface area contributed by atoms with Crippen LogP contribution in [0.25, 0.3) is 5.76 Å². The number of carboxylic acid groups (broad SMARTS) is 1. The first-order chi connectivity index (χ1) is 13.3. The number of aliphatic carboxylic acids is 1. The van der Waals surface area contributed by atoms with Crippen molar-refractivity contribution in [3.63, 3.8) is 0 Å². The van der Waals surface area contributed by atoms with Gasteiger partial charge in [0.1, 0.15) is 12.3 Å². The lowest BCUT2D eigenvalue weighted by molar-refractivity contribution is -0.384. The lowest BCUT2D eigenvalue weighted by Crippen LogP contribution is -2.34. The fourth-order valence-corrected chi connectivity index (χ4v) is 3.07. The molecule has 2 N–H and O–H groups in total. The standard InChI is InChI=1S/C19H14N2O7/c22-14(23)10-20-16(11-6-8-13(9-7-11)21(27)28)15(18(25)19(20)26)17(24)12-4-2-1-3-5-12/h1-9,16,24H,10H2,(H,22,23)/b17-15-. The molecule has 142 valence electrons. The molecule has 0 bridgehead atoms. The molecule has 0 saturated carbocycles. The van der Waals surface area contributed by atoms with Crippen LogP contribution in [0.2, 0.25) is 0 Å². The third kappa shape index (κ3) is 3.32. The van der Waals surface area contributed by atoms with Gasteiger partial charge in [-0.1, -0.05) is 30.3 Å². The summed E-state index contributed by atoms with van der Waals surface area (Å²) in [6.07, 6.45) is 0. The van der Waals surface area contributed by atoms with Crippen molar-refractivity contribution in [2.24, 2.45) is 0 Å². The van der Waals surface area contributed by atoms with Crippen LogP contribution in [-0.2, 0) is 14.4 Å². The third-order valence-electron chi connectivity index (χ3n) is 4.31. The summed E-state index contributed by atoms with van der Waals surface area (Å²) < 4.78 is 0. The summed E-state index contributed by atoms with van der Waals surface area (Å²) in [6, 6.07) is 11.8. The number of nitro groups is 1. The molecule has 2 aromatic rings. The number of amides is 1. The molecule has 0 spiro atoms. The van der Waals surface area contributed by atoms with Gasteiger partial charge in [0, 0.05) is 17.7 Å². The number of ketones is 1. The molecule has 3 rings (SSSR count). The summed E-state index contributed by atoms with van der Waals surface area (Å²) in [5, 5.41) is 30.7. The highest BCUT2D eigenvalue weighted by Crippen LogP contribution is 2.39. The minimum Gasteiger partial charge on any atom is -0.507 e. The van der Waals surface area contributed by atoms with Crippen molar-refractivity contribution in [3.8, 4) is 0 Å². The Morgan fingerprint density at radius 1 is 1.04 bits per heavy atom. The highest BCUT2D eigenvalue weighted by molar-refractivity contribution is 6.46. The normalized spacial score (nSPS) is 18.3. The van der Waals surface area contributed by atoms with Crippen LogP contribution >= 0.6 is 0 Å². The summed E-state index contributed by atoms with van der Waals surface area (Å²) >= 11 is 0. The number of likely N-dealkylation sites (tertiary alicyclic amines) is 1. The van der Waals surface area contributed by atoms with Crippen molar-refractivity contribution in [3.05, 3.63) is 81.4 Å². The van der Waals surface area contributed by atoms with Crippen LogP contribution in [0, 0.1) is 10.1 Å². The highest BCUT2D eigenvalue weighted by Gasteiger charge is 2.46. The van der Waals surface area contributed by atoms with Gasteiger partial charge < -0.3 is 15.1 Å². The molecular weight excluding hydrogens is 368 g/mol. The monoisotopic (exact) mass is 382 g/mol. The molecule has 1 aliphatic heterocycles. The van der Waals surface area contributed by atoms with E-state index in [4.69, 9.17) is 5.11 Å². The molecular formula is C19H14N2O7. The van der Waals surface area contributed by atoms with E-state index >= 15 is 0 Å². The maximum absolute atomic E-state index is 12.6. The fourth-order valence-electron chi connectivity index (χ4n) is 3.07. The van der Waals surface area contributed by atoms with Gasteiger partial charge in [-0.15, -0.1) is 0 Å². The number of aliphatic hydroxyl groups excluding tert-OH is 1. The average Bonchev–Trinajstić information content (AvgIpc) is 2.92. The molecule has 1 unspecified atom stereocenters. The van der Waals surface area contributed by atoms with E-state index in [0.29, 0.717) is 0 Å². The minimum absolute atomic E-state index is 0.206. The number of hydrogen-bond donors (Lipinski definition) is 2. The second kappa shape index (κ2) is 7.31. The fraction of sp³-hybridized carbons (Fsp3) is 0.105. The summed E-state index contributed by atoms with van der Waals surface area (Å²) in [5.74, 6) is -3.88. The van der Waals surface area contributed by atoms with E-state index in [-0.39, 0.29) is 22.4 Å². The molecule has 1 amide bonds. The van der Waals surface area contributed by atoms with Crippen molar-refractivity contribution >= 4 is 29.1 Å². The first-order valence-electron chi connectivity index (χ1n) is 8.11. The maximum Gasteiger partial charge on any atom is 0.323 e. The van der Waals surface area contributed by atoms with Crippen LogP contribution in [-0.4, -0.2) is 44.2 Å². The second-order valence-electron chi connectivity index (χ2n) is 6.04. The maximum atomic E-state index is 12.6. The first-order valence-corrected chi connectivity index (χ1v) is 8.11. The summed E-state index contributed by atoms with van der Waals surface area (Å²) in [6.45, 7) is -0.766. The van der Waals surface area contributed by atoms with Crippen molar-refractivity contribution in [2.45, 2.75) is 6.04 Å². The molecule has 1 heterocycles. The molecule has 1 atom stereocenters. The Bertz CT molecular complexity index is 997. The number of Topliss-reactive ketones (excluding diaryl/α,β-unsaturated/α-hetero) is 1. The third-order valence-corrected chi connectivity index (χ3v) is 4.31. The van der Waals surface area contributed by atoms with Crippen LogP contribution in [0.15, 0.2) is 60.2 Å². The summed E-state index contributed by atoms with van der Waals surface area (Å²) in [4.78, 5) is 47.2. The number of non-ortho nitro benzene ring substituents is 1. The zero-order chi connectivity index (χ0) is 20.4. The number of rotatable bonds is 5. The van der Waals surface area contributed by atoms with Crippen LogP contribution in [0.3, 0.4) is 0 Å². The Balaban J connectivity index is 2.18. The van der Waals surface area contributed by atoms with E-state index < -0.39 is 40.9 Å². The van der Waals surface area contributed by atoms with Gasteiger partial charge in [0.2, 0.25) is 0 Å². The zero-order valence-corrected chi connectivity index (χ0v) is 14.3. The number of carbonyl (C=O) groups is 3. The van der Waals surface area contributed by atoms with Crippen LogP contribution in [0.1, 0.15) is 17.2 Å². The lowest BCUT2D eigenvalue weighted by Gasteiger charge is -2.23. The van der Waals surface area contributed by atoms with Gasteiger partial charge in [-0.2, -0.15) is 0 Å². The predicted molar refractivity (Wildman–Crippen MR) is 96.2 cm³/mol. The molecule has 9 heteroatoms. The van der Waals surface area contributed by atoms with Gasteiger partial charge in [-0.05, 0) is 17.7 Å². The Morgan fingerprint density at radius 3 is 2.18 bits per heavy atom. The van der Waals surface area contributed by atoms with E-state index in [9.17, 15) is 29.6 Å². The topological polar surface area (TPSA) is 138 Å². The lowest BCUT2D eigenvalue weighted by atomic mass is 9.95. The van der Waals surface area contributed by atoms with Crippen LogP contribution in [0.4, 0.5) is 5.69 Å². The van der Waals surface area contributed by atoms with Crippen molar-refractivity contribution in [2.75, 3.05) is 6.54 Å². The van der Waals surface area contributed by atoms with Gasteiger partial charge in [0.05, 0.1) is 16.5 Å². The van der Waals surface area contributed by atoms with Gasteiger partial charge in [0.25, 0.3) is 17.4 Å². The van der Waals surface area contributed by atoms with E-state index in [0.717, 1.165) is 4.90 Å². The number of carbonyl (C=O) groups excluding carboxylic acids is 2. The molecule has 0 aromatic heterocycles.